The summed E-state index contributed by atoms with van der Waals surface area (Å²) < 4.78 is 0. The van der Waals surface area contributed by atoms with Gasteiger partial charge in [0, 0.05) is 32.5 Å². The number of hydrogen-bond acceptors (Lipinski definition) is 4. The molecular formula is C18H25N3O4. The highest BCUT2D eigenvalue weighted by Crippen LogP contribution is 2.21. The lowest BCUT2D eigenvalue weighted by Gasteiger charge is -2.27. The number of aliphatic hydroxyl groups excluding tert-OH is 1. The molecular weight excluding hydrogens is 322 g/mol. The average molecular weight is 347 g/mol. The fourth-order valence-corrected chi connectivity index (χ4v) is 3.05. The maximum atomic E-state index is 12.5. The van der Waals surface area contributed by atoms with E-state index < -0.39 is 12.1 Å². The second kappa shape index (κ2) is 8.62. The minimum Gasteiger partial charge on any atom is -0.391 e. The van der Waals surface area contributed by atoms with Crippen LogP contribution in [0.3, 0.4) is 0 Å². The number of nitrogens with one attached hydrogen (secondary N) is 2. The van der Waals surface area contributed by atoms with E-state index in [-0.39, 0.29) is 36.7 Å². The van der Waals surface area contributed by atoms with Crippen LogP contribution >= 0.6 is 0 Å². The van der Waals surface area contributed by atoms with Crippen molar-refractivity contribution in [3.05, 3.63) is 35.9 Å². The average Bonchev–Trinajstić information content (AvgIpc) is 2.92. The monoisotopic (exact) mass is 347 g/mol. The molecule has 7 nitrogen and oxygen atoms in total. The van der Waals surface area contributed by atoms with Gasteiger partial charge in [-0.2, -0.15) is 0 Å². The molecule has 3 N–H and O–H groups in total. The molecule has 0 saturated carbocycles. The molecule has 1 heterocycles. The number of amides is 3. The number of nitrogens with zero attached hydrogens (tertiary/aromatic N) is 1. The van der Waals surface area contributed by atoms with Gasteiger partial charge in [0.1, 0.15) is 6.04 Å². The minimum atomic E-state index is -0.683. The van der Waals surface area contributed by atoms with E-state index in [2.05, 4.69) is 10.6 Å². The van der Waals surface area contributed by atoms with Gasteiger partial charge >= 0.3 is 0 Å². The molecule has 3 amide bonds. The fraction of sp³-hybridized carbons (Fsp3) is 0.500. The SMILES string of the molecule is CC(=O)N[C@@H](C)C(=O)N1C[C@H](O)C[C@H]1CC(=O)NCc1ccccc1. The first-order valence-electron chi connectivity index (χ1n) is 8.43. The van der Waals surface area contributed by atoms with Crippen molar-refractivity contribution >= 4 is 17.7 Å². The molecule has 1 aromatic rings. The molecule has 1 fully saturated rings. The number of hydrogen-bond donors (Lipinski definition) is 3. The van der Waals surface area contributed by atoms with E-state index >= 15 is 0 Å². The van der Waals surface area contributed by atoms with Crippen LogP contribution in [-0.2, 0) is 20.9 Å². The van der Waals surface area contributed by atoms with E-state index in [1.807, 2.05) is 30.3 Å². The first-order valence-corrected chi connectivity index (χ1v) is 8.43. The van der Waals surface area contributed by atoms with Gasteiger partial charge in [-0.25, -0.2) is 0 Å². The predicted octanol–water partition coefficient (Wildman–Crippen LogP) is 0.179. The zero-order valence-corrected chi connectivity index (χ0v) is 14.6. The highest BCUT2D eigenvalue weighted by Gasteiger charge is 2.37. The van der Waals surface area contributed by atoms with Crippen LogP contribution in [0, 0.1) is 0 Å². The number of rotatable bonds is 6. The van der Waals surface area contributed by atoms with Gasteiger partial charge in [0.2, 0.25) is 17.7 Å². The van der Waals surface area contributed by atoms with Crippen LogP contribution in [0.5, 0.6) is 0 Å². The molecule has 136 valence electrons. The normalized spacial score (nSPS) is 20.8. The van der Waals surface area contributed by atoms with Gasteiger partial charge in [0.05, 0.1) is 6.10 Å². The second-order valence-corrected chi connectivity index (χ2v) is 6.42. The highest BCUT2D eigenvalue weighted by molar-refractivity contribution is 5.87. The Bertz CT molecular complexity index is 620. The van der Waals surface area contributed by atoms with E-state index in [9.17, 15) is 19.5 Å². The summed E-state index contributed by atoms with van der Waals surface area (Å²) in [7, 11) is 0. The highest BCUT2D eigenvalue weighted by atomic mass is 16.3. The lowest BCUT2D eigenvalue weighted by molar-refractivity contribution is -0.137. The van der Waals surface area contributed by atoms with Crippen molar-refractivity contribution in [2.75, 3.05) is 6.54 Å². The third kappa shape index (κ3) is 5.56. The summed E-state index contributed by atoms with van der Waals surface area (Å²) in [5.74, 6) is -0.752. The van der Waals surface area contributed by atoms with Crippen molar-refractivity contribution in [1.29, 1.82) is 0 Å². The van der Waals surface area contributed by atoms with Crippen molar-refractivity contribution in [3.63, 3.8) is 0 Å². The molecule has 0 bridgehead atoms. The summed E-state index contributed by atoms with van der Waals surface area (Å²) >= 11 is 0. The van der Waals surface area contributed by atoms with Crippen molar-refractivity contribution in [3.8, 4) is 0 Å². The van der Waals surface area contributed by atoms with Gasteiger partial charge in [-0.15, -0.1) is 0 Å². The lowest BCUT2D eigenvalue weighted by Crippen LogP contribution is -2.49. The zero-order valence-electron chi connectivity index (χ0n) is 14.6. The molecule has 1 aliphatic heterocycles. The molecule has 7 heteroatoms. The van der Waals surface area contributed by atoms with Gasteiger partial charge in [0.15, 0.2) is 0 Å². The molecule has 0 unspecified atom stereocenters. The largest absolute Gasteiger partial charge is 0.391 e. The first kappa shape index (κ1) is 18.9. The van der Waals surface area contributed by atoms with Crippen LogP contribution in [0.1, 0.15) is 32.3 Å². The Morgan fingerprint density at radius 1 is 1.28 bits per heavy atom. The number of β-amino-alcohol motifs (C(OH)–C–C–N with tert-alkyl or cyclic N) is 1. The Hall–Kier alpha value is -2.41. The van der Waals surface area contributed by atoms with E-state index in [0.29, 0.717) is 13.0 Å². The molecule has 1 aromatic carbocycles. The summed E-state index contributed by atoms with van der Waals surface area (Å²) in [6.45, 7) is 3.54. The number of benzene rings is 1. The van der Waals surface area contributed by atoms with Crippen molar-refractivity contribution in [2.24, 2.45) is 0 Å². The Kier molecular flexibility index (Phi) is 6.52. The van der Waals surface area contributed by atoms with E-state index in [1.54, 1.807) is 6.92 Å². The molecule has 0 spiro atoms. The maximum absolute atomic E-state index is 12.5. The van der Waals surface area contributed by atoms with Crippen LogP contribution in [0.2, 0.25) is 0 Å². The maximum Gasteiger partial charge on any atom is 0.245 e. The molecule has 0 radical (unpaired) electrons. The Balaban J connectivity index is 1.90. The summed E-state index contributed by atoms with van der Waals surface area (Å²) in [5.41, 5.74) is 0.995. The fourth-order valence-electron chi connectivity index (χ4n) is 3.05. The Morgan fingerprint density at radius 3 is 2.60 bits per heavy atom. The molecule has 3 atom stereocenters. The van der Waals surface area contributed by atoms with Gasteiger partial charge < -0.3 is 20.6 Å². The van der Waals surface area contributed by atoms with Gasteiger partial charge in [0.25, 0.3) is 0 Å². The van der Waals surface area contributed by atoms with Crippen LogP contribution < -0.4 is 10.6 Å². The standard InChI is InChI=1S/C18H25N3O4/c1-12(20-13(2)22)18(25)21-11-16(23)8-15(21)9-17(24)19-10-14-6-4-3-5-7-14/h3-7,12,15-16,23H,8-11H2,1-2H3,(H,19,24)(H,20,22)/t12-,15-,16+/m0/s1. The topological polar surface area (TPSA) is 98.7 Å². The molecule has 2 rings (SSSR count). The van der Waals surface area contributed by atoms with E-state index in [1.165, 1.54) is 11.8 Å². The molecule has 0 aromatic heterocycles. The van der Waals surface area contributed by atoms with Gasteiger partial charge in [-0.3, -0.25) is 14.4 Å². The summed E-state index contributed by atoms with van der Waals surface area (Å²) in [5, 5.41) is 15.3. The number of likely N-dealkylation sites (tertiary alicyclic amines) is 1. The van der Waals surface area contributed by atoms with Crippen LogP contribution in [0.4, 0.5) is 0 Å². The third-order valence-electron chi connectivity index (χ3n) is 4.22. The molecule has 1 saturated heterocycles. The summed E-state index contributed by atoms with van der Waals surface area (Å²) in [6, 6.07) is 8.50. The Morgan fingerprint density at radius 2 is 1.96 bits per heavy atom. The first-order chi connectivity index (χ1) is 11.9. The van der Waals surface area contributed by atoms with Crippen LogP contribution in [0.25, 0.3) is 0 Å². The third-order valence-corrected chi connectivity index (χ3v) is 4.22. The van der Waals surface area contributed by atoms with Gasteiger partial charge in [-0.05, 0) is 18.9 Å². The lowest BCUT2D eigenvalue weighted by atomic mass is 10.1. The zero-order chi connectivity index (χ0) is 18.4. The number of carbonyl (C=O) groups excluding carboxylic acids is 3. The Labute approximate surface area is 147 Å². The van der Waals surface area contributed by atoms with Gasteiger partial charge in [-0.1, -0.05) is 30.3 Å². The quantitative estimate of drug-likeness (QED) is 0.684. The van der Waals surface area contributed by atoms with Crippen LogP contribution in [0.15, 0.2) is 30.3 Å². The number of carbonyl (C=O) groups is 3. The van der Waals surface area contributed by atoms with E-state index in [0.717, 1.165) is 5.56 Å². The smallest absolute Gasteiger partial charge is 0.245 e. The summed E-state index contributed by atoms with van der Waals surface area (Å²) in [4.78, 5) is 37.3. The van der Waals surface area contributed by atoms with E-state index in [4.69, 9.17) is 0 Å². The van der Waals surface area contributed by atoms with Crippen molar-refractivity contribution < 1.29 is 19.5 Å². The molecule has 1 aliphatic rings. The predicted molar refractivity (Wildman–Crippen MR) is 92.3 cm³/mol. The number of aliphatic hydroxyl groups is 1. The minimum absolute atomic E-state index is 0.127. The van der Waals surface area contributed by atoms with Crippen molar-refractivity contribution in [1.82, 2.24) is 15.5 Å². The second-order valence-electron chi connectivity index (χ2n) is 6.42. The van der Waals surface area contributed by atoms with Crippen molar-refractivity contribution in [2.45, 2.75) is 51.4 Å². The van der Waals surface area contributed by atoms with Crippen LogP contribution in [-0.4, -0.2) is 52.5 Å². The molecule has 25 heavy (non-hydrogen) atoms. The summed E-state index contributed by atoms with van der Waals surface area (Å²) in [6.07, 6.45) is -0.167. The molecule has 0 aliphatic carbocycles.